The van der Waals surface area contributed by atoms with Gasteiger partial charge in [0.1, 0.15) is 0 Å². The van der Waals surface area contributed by atoms with Crippen LogP contribution in [0.3, 0.4) is 0 Å². The minimum Gasteiger partial charge on any atom is -0.478 e. The number of benzene rings is 1. The molecule has 0 spiro atoms. The Morgan fingerprint density at radius 1 is 1.32 bits per heavy atom. The number of rotatable bonds is 7. The standard InChI is InChI=1S/C20H18F3NO3S/c1-12-10-14(8-9-15(12)19(26)27)18-16(11-25)24-17(28-18)7-5-3-4-6-13(2)20(21,22)23/h3-6,8-10,25H,2,7,11H2,1H3,(H,26,27)/b5-3+,6-4-. The van der Waals surface area contributed by atoms with Crippen LogP contribution < -0.4 is 0 Å². The molecule has 0 atom stereocenters. The van der Waals surface area contributed by atoms with Gasteiger partial charge in [0.25, 0.3) is 0 Å². The molecule has 1 aromatic carbocycles. The number of carbonyl (C=O) groups is 1. The minimum atomic E-state index is -4.45. The summed E-state index contributed by atoms with van der Waals surface area (Å²) in [6, 6.07) is 4.89. The smallest absolute Gasteiger partial charge is 0.415 e. The summed E-state index contributed by atoms with van der Waals surface area (Å²) in [6.07, 6.45) is 1.21. The molecule has 4 nitrogen and oxygen atoms in total. The van der Waals surface area contributed by atoms with Crippen LogP contribution in [0.1, 0.15) is 26.6 Å². The number of nitrogens with zero attached hydrogens (tertiary/aromatic N) is 1. The molecule has 0 unspecified atom stereocenters. The number of carboxylic acid groups (broad SMARTS) is 1. The molecule has 0 bridgehead atoms. The average molecular weight is 409 g/mol. The van der Waals surface area contributed by atoms with Crippen molar-refractivity contribution in [3.8, 4) is 10.4 Å². The summed E-state index contributed by atoms with van der Waals surface area (Å²) in [4.78, 5) is 16.2. The van der Waals surface area contributed by atoms with E-state index in [1.807, 2.05) is 0 Å². The summed E-state index contributed by atoms with van der Waals surface area (Å²) < 4.78 is 37.0. The van der Waals surface area contributed by atoms with Gasteiger partial charge in [-0.25, -0.2) is 9.78 Å². The highest BCUT2D eigenvalue weighted by Gasteiger charge is 2.29. The van der Waals surface area contributed by atoms with Crippen LogP contribution in [0, 0.1) is 6.92 Å². The van der Waals surface area contributed by atoms with Gasteiger partial charge < -0.3 is 10.2 Å². The molecule has 0 aliphatic rings. The number of alkyl halides is 3. The molecule has 1 heterocycles. The fourth-order valence-corrected chi connectivity index (χ4v) is 3.42. The Bertz CT molecular complexity index is 943. The SMILES string of the molecule is C=C(/C=C\C=C\Cc1nc(CO)c(-c2ccc(C(=O)O)c(C)c2)s1)C(F)(F)F. The monoisotopic (exact) mass is 409 g/mol. The van der Waals surface area contributed by atoms with Crippen LogP contribution >= 0.6 is 11.3 Å². The molecule has 28 heavy (non-hydrogen) atoms. The predicted molar refractivity (Wildman–Crippen MR) is 102 cm³/mol. The van der Waals surface area contributed by atoms with Crippen LogP contribution in [0.2, 0.25) is 0 Å². The third-order valence-corrected chi connectivity index (χ3v) is 4.98. The number of aliphatic hydroxyl groups is 1. The quantitative estimate of drug-likeness (QED) is 0.626. The molecule has 0 amide bonds. The second-order valence-electron chi connectivity index (χ2n) is 5.89. The summed E-state index contributed by atoms with van der Waals surface area (Å²) in [7, 11) is 0. The van der Waals surface area contributed by atoms with Gasteiger partial charge in [-0.1, -0.05) is 36.9 Å². The van der Waals surface area contributed by atoms with Gasteiger partial charge in [0.15, 0.2) is 0 Å². The molecule has 0 aliphatic carbocycles. The summed E-state index contributed by atoms with van der Waals surface area (Å²) in [6.45, 7) is 4.36. The number of aromatic carboxylic acids is 1. The number of aryl methyl sites for hydroxylation is 1. The van der Waals surface area contributed by atoms with Crippen molar-refractivity contribution in [3.05, 3.63) is 76.5 Å². The van der Waals surface area contributed by atoms with E-state index in [-0.39, 0.29) is 12.2 Å². The highest BCUT2D eigenvalue weighted by atomic mass is 32.1. The number of halogens is 3. The molecule has 0 saturated heterocycles. The van der Waals surface area contributed by atoms with Gasteiger partial charge in [0.05, 0.1) is 27.7 Å². The van der Waals surface area contributed by atoms with Gasteiger partial charge in [0, 0.05) is 12.0 Å². The molecule has 2 aromatic rings. The van der Waals surface area contributed by atoms with Crippen molar-refractivity contribution in [1.82, 2.24) is 4.98 Å². The third-order valence-electron chi connectivity index (χ3n) is 3.81. The lowest BCUT2D eigenvalue weighted by Gasteiger charge is -2.04. The number of hydrogen-bond acceptors (Lipinski definition) is 4. The fraction of sp³-hybridized carbons (Fsp3) is 0.200. The van der Waals surface area contributed by atoms with E-state index in [4.69, 9.17) is 5.11 Å². The van der Waals surface area contributed by atoms with Crippen molar-refractivity contribution in [3.63, 3.8) is 0 Å². The zero-order valence-corrected chi connectivity index (χ0v) is 15.8. The number of thiazole rings is 1. The van der Waals surface area contributed by atoms with Crippen molar-refractivity contribution < 1.29 is 28.2 Å². The van der Waals surface area contributed by atoms with Crippen molar-refractivity contribution in [2.24, 2.45) is 0 Å². The molecule has 1 aromatic heterocycles. The van der Waals surface area contributed by atoms with E-state index in [9.17, 15) is 23.1 Å². The predicted octanol–water partition coefficient (Wildman–Crippen LogP) is 5.08. The van der Waals surface area contributed by atoms with Crippen molar-refractivity contribution in [2.45, 2.75) is 26.1 Å². The number of hydrogen-bond donors (Lipinski definition) is 2. The van der Waals surface area contributed by atoms with E-state index in [1.54, 1.807) is 25.1 Å². The third kappa shape index (κ3) is 5.40. The molecular weight excluding hydrogens is 391 g/mol. The fourth-order valence-electron chi connectivity index (χ4n) is 2.38. The van der Waals surface area contributed by atoms with Crippen molar-refractivity contribution >= 4 is 17.3 Å². The van der Waals surface area contributed by atoms with Crippen LogP contribution in [-0.4, -0.2) is 27.3 Å². The van der Waals surface area contributed by atoms with Gasteiger partial charge in [-0.3, -0.25) is 0 Å². The Morgan fingerprint density at radius 3 is 2.61 bits per heavy atom. The molecule has 0 saturated carbocycles. The summed E-state index contributed by atoms with van der Waals surface area (Å²) in [5.74, 6) is -1.01. The molecule has 8 heteroatoms. The molecular formula is C20H18F3NO3S. The maximum Gasteiger partial charge on any atom is 0.415 e. The van der Waals surface area contributed by atoms with Gasteiger partial charge in [-0.15, -0.1) is 11.3 Å². The van der Waals surface area contributed by atoms with E-state index in [0.29, 0.717) is 22.7 Å². The zero-order valence-electron chi connectivity index (χ0n) is 15.0. The lowest BCUT2D eigenvalue weighted by Crippen LogP contribution is -2.08. The average Bonchev–Trinajstić information content (AvgIpc) is 3.03. The highest BCUT2D eigenvalue weighted by molar-refractivity contribution is 7.15. The normalized spacial score (nSPS) is 12.2. The maximum atomic E-state index is 12.3. The van der Waals surface area contributed by atoms with Gasteiger partial charge in [-0.2, -0.15) is 13.2 Å². The van der Waals surface area contributed by atoms with Crippen LogP contribution in [0.25, 0.3) is 10.4 Å². The molecule has 148 valence electrons. The lowest BCUT2D eigenvalue weighted by atomic mass is 10.0. The van der Waals surface area contributed by atoms with Crippen molar-refractivity contribution in [1.29, 1.82) is 0 Å². The van der Waals surface area contributed by atoms with Gasteiger partial charge in [-0.05, 0) is 30.2 Å². The summed E-state index contributed by atoms with van der Waals surface area (Å²) in [5.41, 5.74) is 1.09. The Kier molecular flexibility index (Phi) is 6.93. The number of carboxylic acids is 1. The molecule has 0 aliphatic heterocycles. The highest BCUT2D eigenvalue weighted by Crippen LogP contribution is 2.32. The number of aromatic nitrogens is 1. The Morgan fingerprint density at radius 2 is 2.04 bits per heavy atom. The van der Waals surface area contributed by atoms with E-state index in [1.165, 1.54) is 29.6 Å². The van der Waals surface area contributed by atoms with Crippen LogP contribution in [0.15, 0.2) is 54.7 Å². The first-order valence-electron chi connectivity index (χ1n) is 8.16. The minimum absolute atomic E-state index is 0.203. The summed E-state index contributed by atoms with van der Waals surface area (Å²) in [5, 5.41) is 19.4. The molecule has 2 N–H and O–H groups in total. The Balaban J connectivity index is 2.16. The Labute approximate surface area is 164 Å². The maximum absolute atomic E-state index is 12.3. The number of aliphatic hydroxyl groups excluding tert-OH is 1. The lowest BCUT2D eigenvalue weighted by molar-refractivity contribution is -0.0878. The first kappa shape index (κ1) is 21.6. The van der Waals surface area contributed by atoms with Gasteiger partial charge in [0.2, 0.25) is 0 Å². The second-order valence-corrected chi connectivity index (χ2v) is 6.97. The first-order valence-corrected chi connectivity index (χ1v) is 8.98. The van der Waals surface area contributed by atoms with E-state index < -0.39 is 17.7 Å². The molecule has 0 radical (unpaired) electrons. The molecule has 0 fully saturated rings. The van der Waals surface area contributed by atoms with Crippen LogP contribution in [0.5, 0.6) is 0 Å². The topological polar surface area (TPSA) is 70.4 Å². The molecule has 2 rings (SSSR count). The van der Waals surface area contributed by atoms with E-state index >= 15 is 0 Å². The van der Waals surface area contributed by atoms with E-state index in [0.717, 1.165) is 16.5 Å². The van der Waals surface area contributed by atoms with Crippen molar-refractivity contribution in [2.75, 3.05) is 0 Å². The second kappa shape index (κ2) is 8.99. The summed E-state index contributed by atoms with van der Waals surface area (Å²) >= 11 is 1.34. The first-order chi connectivity index (χ1) is 13.1. The number of allylic oxidation sites excluding steroid dienone is 5. The zero-order chi connectivity index (χ0) is 20.9. The van der Waals surface area contributed by atoms with Crippen LogP contribution in [-0.2, 0) is 13.0 Å². The van der Waals surface area contributed by atoms with Crippen LogP contribution in [0.4, 0.5) is 13.2 Å². The van der Waals surface area contributed by atoms with Gasteiger partial charge >= 0.3 is 12.1 Å². The Hall–Kier alpha value is -2.71. The van der Waals surface area contributed by atoms with E-state index in [2.05, 4.69) is 11.6 Å². The largest absolute Gasteiger partial charge is 0.478 e.